The van der Waals surface area contributed by atoms with Crippen molar-refractivity contribution in [2.75, 3.05) is 24.5 Å². The summed E-state index contributed by atoms with van der Waals surface area (Å²) in [5.41, 5.74) is 5.95. The Morgan fingerprint density at radius 2 is 1.52 bits per heavy atom. The van der Waals surface area contributed by atoms with Crippen LogP contribution in [0, 0.1) is 36.5 Å². The first-order valence-corrected chi connectivity index (χ1v) is 18.6. The lowest BCUT2D eigenvalue weighted by Gasteiger charge is -2.49. The summed E-state index contributed by atoms with van der Waals surface area (Å²) in [6.07, 6.45) is 6.26. The summed E-state index contributed by atoms with van der Waals surface area (Å²) in [5.74, 6) is -4.55. The maximum absolute atomic E-state index is 15.3. The number of fused-ring (bicyclic) bond motifs is 4. The normalized spacial score (nSPS) is 26.1. The number of phenols is 1. The van der Waals surface area contributed by atoms with Crippen LogP contribution in [0.5, 0.6) is 17.2 Å². The number of hydrazine groups is 1. The Morgan fingerprint density at radius 3 is 2.17 bits per heavy atom. The van der Waals surface area contributed by atoms with E-state index in [1.54, 1.807) is 36.4 Å². The molecule has 4 aliphatic rings. The van der Waals surface area contributed by atoms with Crippen LogP contribution in [0.1, 0.15) is 29.5 Å². The van der Waals surface area contributed by atoms with Crippen LogP contribution in [-0.2, 0) is 24.6 Å². The van der Waals surface area contributed by atoms with Crippen molar-refractivity contribution < 1.29 is 33.8 Å². The van der Waals surface area contributed by atoms with E-state index < -0.39 is 46.8 Å². The summed E-state index contributed by atoms with van der Waals surface area (Å²) in [6.45, 7) is 1.96. The smallest absolute Gasteiger partial charge is 0.260 e. The second kappa shape index (κ2) is 13.6. The van der Waals surface area contributed by atoms with Gasteiger partial charge in [0.1, 0.15) is 0 Å². The van der Waals surface area contributed by atoms with Gasteiger partial charge in [0.05, 0.1) is 48.8 Å². The molecule has 3 fully saturated rings. The monoisotopic (exact) mass is 787 g/mol. The summed E-state index contributed by atoms with van der Waals surface area (Å²) in [6, 6.07) is 27.2. The number of hydrogen-bond acceptors (Lipinski definition) is 8. The molecule has 11 heteroatoms. The molecule has 274 valence electrons. The first-order valence-electron chi connectivity index (χ1n) is 17.8. The van der Waals surface area contributed by atoms with E-state index in [0.717, 1.165) is 20.6 Å². The zero-order valence-corrected chi connectivity index (χ0v) is 31.4. The number of methoxy groups -OCH3 is 2. The number of phenolic OH excluding ortho intramolecular Hbond substituents is 1. The molecular formula is C43H38BrN3O7. The number of nitrogens with zero attached hydrogens (tertiary/aromatic N) is 2. The van der Waals surface area contributed by atoms with Gasteiger partial charge >= 0.3 is 0 Å². The third-order valence-electron chi connectivity index (χ3n) is 11.5. The van der Waals surface area contributed by atoms with Gasteiger partial charge in [-0.3, -0.25) is 29.5 Å². The van der Waals surface area contributed by atoms with Gasteiger partial charge in [-0.25, -0.2) is 0 Å². The first-order chi connectivity index (χ1) is 26.1. The van der Waals surface area contributed by atoms with Crippen LogP contribution >= 0.6 is 15.9 Å². The van der Waals surface area contributed by atoms with Crippen LogP contribution in [0.4, 0.5) is 11.4 Å². The fourth-order valence-corrected chi connectivity index (χ4v) is 9.32. The quantitative estimate of drug-likeness (QED) is 0.142. The lowest BCUT2D eigenvalue weighted by Crippen LogP contribution is -2.54. The minimum atomic E-state index is -1.40. The predicted molar refractivity (Wildman–Crippen MR) is 206 cm³/mol. The number of hydrogen-bond donors (Lipinski definition) is 2. The lowest BCUT2D eigenvalue weighted by atomic mass is 9.50. The number of amides is 4. The lowest BCUT2D eigenvalue weighted by molar-refractivity contribution is -0.139. The Balaban J connectivity index is 1.30. The molecule has 54 heavy (non-hydrogen) atoms. The molecule has 6 unspecified atom stereocenters. The van der Waals surface area contributed by atoms with E-state index in [-0.39, 0.29) is 35.5 Å². The molecule has 2 aliphatic carbocycles. The number of rotatable bonds is 8. The molecule has 4 aromatic rings. The second-order valence-electron chi connectivity index (χ2n) is 14.3. The van der Waals surface area contributed by atoms with E-state index in [9.17, 15) is 19.5 Å². The third kappa shape index (κ3) is 5.43. The maximum Gasteiger partial charge on any atom is 0.260 e. The van der Waals surface area contributed by atoms with Crippen molar-refractivity contribution in [3.63, 3.8) is 0 Å². The molecule has 6 atom stereocenters. The summed E-state index contributed by atoms with van der Waals surface area (Å²) in [7, 11) is 2.89. The molecule has 8 rings (SSSR count). The van der Waals surface area contributed by atoms with Gasteiger partial charge in [0.25, 0.3) is 11.8 Å². The molecular weight excluding hydrogens is 750 g/mol. The van der Waals surface area contributed by atoms with Crippen LogP contribution < -0.4 is 19.8 Å². The topological polar surface area (TPSA) is 125 Å². The standard InChI is InChI=1S/C43H38BrN3O7/c1-24-9-14-28(15-10-24)45-47-40(50)34-23-32-30(18-19-31-37(32)41(51)46(39(31)49)29-16-12-27(44)13-17-29)33(43(34,42(47)52)26-7-5-4-6-8-26)20-11-25-21-35(53-2)38(48)36(22-25)54-3/h4-18,20-22,31-34,37,45,48H,19,23H2,1-3H3. The molecule has 2 heterocycles. The molecule has 1 saturated carbocycles. The third-order valence-corrected chi connectivity index (χ3v) is 12.1. The van der Waals surface area contributed by atoms with Gasteiger partial charge < -0.3 is 14.6 Å². The van der Waals surface area contributed by atoms with Crippen LogP contribution in [0.15, 0.2) is 113 Å². The second-order valence-corrected chi connectivity index (χ2v) is 15.2. The van der Waals surface area contributed by atoms with Crippen molar-refractivity contribution in [3.8, 4) is 17.2 Å². The Morgan fingerprint density at radius 1 is 0.852 bits per heavy atom. The van der Waals surface area contributed by atoms with Crippen LogP contribution in [0.25, 0.3) is 6.08 Å². The fourth-order valence-electron chi connectivity index (χ4n) is 9.06. The van der Waals surface area contributed by atoms with Gasteiger partial charge in [-0.15, -0.1) is 0 Å². The van der Waals surface area contributed by atoms with E-state index in [1.807, 2.05) is 79.7 Å². The number of imide groups is 2. The molecule has 0 spiro atoms. The summed E-state index contributed by atoms with van der Waals surface area (Å²) < 4.78 is 11.7. The number of benzene rings is 4. The number of aryl methyl sites for hydroxylation is 1. The average Bonchev–Trinajstić information content (AvgIpc) is 3.56. The highest BCUT2D eigenvalue weighted by molar-refractivity contribution is 9.10. The highest BCUT2D eigenvalue weighted by Crippen LogP contribution is 2.61. The summed E-state index contributed by atoms with van der Waals surface area (Å²) in [4.78, 5) is 59.9. The largest absolute Gasteiger partial charge is 0.502 e. The van der Waals surface area contributed by atoms with E-state index in [2.05, 4.69) is 21.4 Å². The molecule has 2 aliphatic heterocycles. The number of anilines is 2. The number of carbonyl (C=O) groups is 4. The van der Waals surface area contributed by atoms with Gasteiger partial charge in [-0.05, 0) is 85.3 Å². The predicted octanol–water partition coefficient (Wildman–Crippen LogP) is 7.22. The fraction of sp³-hybridized carbons (Fsp3) is 0.256. The Kier molecular flexibility index (Phi) is 8.92. The molecule has 2 N–H and O–H groups in total. The number of aromatic hydroxyl groups is 1. The zero-order chi connectivity index (χ0) is 37.9. The highest BCUT2D eigenvalue weighted by Gasteiger charge is 2.69. The van der Waals surface area contributed by atoms with Crippen LogP contribution in [0.2, 0.25) is 0 Å². The molecule has 0 radical (unpaired) electrons. The molecule has 4 aromatic carbocycles. The van der Waals surface area contributed by atoms with Crippen molar-refractivity contribution in [1.29, 1.82) is 0 Å². The highest BCUT2D eigenvalue weighted by atomic mass is 79.9. The van der Waals surface area contributed by atoms with E-state index in [4.69, 9.17) is 9.47 Å². The van der Waals surface area contributed by atoms with Gasteiger partial charge in [0.15, 0.2) is 11.5 Å². The van der Waals surface area contributed by atoms with Crippen molar-refractivity contribution in [1.82, 2.24) is 5.01 Å². The number of halogens is 1. The molecule has 0 bridgehead atoms. The SMILES string of the molecule is COc1cc(C=CC2C3=CCC4C(=O)N(c5ccc(Br)cc5)C(=O)C4C3CC3C(=O)N(Nc4ccc(C)cc4)C(=O)C23c2ccccc2)cc(OC)c1O. The molecule has 2 saturated heterocycles. The van der Waals surface area contributed by atoms with Gasteiger partial charge in [0, 0.05) is 10.4 Å². The molecule has 4 amide bonds. The Hall–Kier alpha value is -5.68. The van der Waals surface area contributed by atoms with Gasteiger partial charge in [-0.1, -0.05) is 87.8 Å². The number of allylic oxidation sites excluding steroid dienone is 3. The molecule has 10 nitrogen and oxygen atoms in total. The van der Waals surface area contributed by atoms with E-state index in [1.165, 1.54) is 19.1 Å². The average molecular weight is 789 g/mol. The van der Waals surface area contributed by atoms with Gasteiger partial charge in [-0.2, -0.15) is 5.01 Å². The van der Waals surface area contributed by atoms with Crippen molar-refractivity contribution in [3.05, 3.63) is 130 Å². The van der Waals surface area contributed by atoms with Crippen LogP contribution in [0.3, 0.4) is 0 Å². The number of carbonyl (C=O) groups excluding carboxylic acids is 4. The van der Waals surface area contributed by atoms with Crippen LogP contribution in [-0.4, -0.2) is 48.0 Å². The Bertz CT molecular complexity index is 2210. The minimum absolute atomic E-state index is 0.147. The molecule has 0 aromatic heterocycles. The summed E-state index contributed by atoms with van der Waals surface area (Å²) >= 11 is 3.44. The Labute approximate surface area is 321 Å². The van der Waals surface area contributed by atoms with Crippen molar-refractivity contribution >= 4 is 57.0 Å². The van der Waals surface area contributed by atoms with Crippen molar-refractivity contribution in [2.45, 2.75) is 25.2 Å². The van der Waals surface area contributed by atoms with E-state index in [0.29, 0.717) is 28.9 Å². The number of nitrogens with one attached hydrogen (secondary N) is 1. The van der Waals surface area contributed by atoms with Gasteiger partial charge in [0.2, 0.25) is 17.6 Å². The minimum Gasteiger partial charge on any atom is -0.502 e. The summed E-state index contributed by atoms with van der Waals surface area (Å²) in [5, 5.41) is 11.8. The number of ether oxygens (including phenoxy) is 2. The zero-order valence-electron chi connectivity index (χ0n) is 29.9. The van der Waals surface area contributed by atoms with E-state index >= 15 is 4.79 Å². The first kappa shape index (κ1) is 35.4. The van der Waals surface area contributed by atoms with Crippen molar-refractivity contribution in [2.24, 2.45) is 29.6 Å². The maximum atomic E-state index is 15.3.